The van der Waals surface area contributed by atoms with Crippen LogP contribution in [0.2, 0.25) is 0 Å². The number of amides is 1. The molecule has 3 nitrogen and oxygen atoms in total. The molecular weight excluding hydrogens is 396 g/mol. The van der Waals surface area contributed by atoms with Gasteiger partial charge < -0.3 is 11.1 Å². The standard InChI is InChI=1S/C16H22Br2N2O/c1-9-13(19)7-5-11(16(9,2)3)15(21)20-14-8-10(17)4-6-12(14)18/h4,6,8-9,11,13H,5,7,19H2,1-3H3,(H,20,21). The van der Waals surface area contributed by atoms with Crippen LogP contribution in [0.3, 0.4) is 0 Å². The zero-order valence-electron chi connectivity index (χ0n) is 12.6. The Kier molecular flexibility index (Phi) is 5.16. The lowest BCUT2D eigenvalue weighted by Gasteiger charge is -2.46. The molecule has 0 heterocycles. The number of nitrogens with two attached hydrogens (primary N) is 1. The molecule has 1 aliphatic rings. The zero-order chi connectivity index (χ0) is 15.8. The summed E-state index contributed by atoms with van der Waals surface area (Å²) in [6.07, 6.45) is 1.75. The smallest absolute Gasteiger partial charge is 0.228 e. The van der Waals surface area contributed by atoms with Crippen molar-refractivity contribution in [2.24, 2.45) is 23.0 Å². The number of hydrogen-bond acceptors (Lipinski definition) is 2. The molecule has 0 saturated heterocycles. The highest BCUT2D eigenvalue weighted by atomic mass is 79.9. The van der Waals surface area contributed by atoms with Gasteiger partial charge in [-0.2, -0.15) is 0 Å². The monoisotopic (exact) mass is 416 g/mol. The zero-order valence-corrected chi connectivity index (χ0v) is 15.8. The fourth-order valence-corrected chi connectivity index (χ4v) is 3.84. The first kappa shape index (κ1) is 17.0. The predicted octanol–water partition coefficient (Wildman–Crippen LogP) is 4.55. The van der Waals surface area contributed by atoms with Gasteiger partial charge in [0.05, 0.1) is 5.69 Å². The largest absolute Gasteiger partial charge is 0.327 e. The molecule has 5 heteroatoms. The maximum Gasteiger partial charge on any atom is 0.228 e. The van der Waals surface area contributed by atoms with Crippen LogP contribution in [0, 0.1) is 17.3 Å². The SMILES string of the molecule is CC1C(N)CCC(C(=O)Nc2cc(Br)ccc2Br)C1(C)C. The average Bonchev–Trinajstić information content (AvgIpc) is 2.40. The van der Waals surface area contributed by atoms with Crippen LogP contribution in [0.25, 0.3) is 0 Å². The van der Waals surface area contributed by atoms with E-state index >= 15 is 0 Å². The summed E-state index contributed by atoms with van der Waals surface area (Å²) in [6, 6.07) is 5.95. The van der Waals surface area contributed by atoms with E-state index in [2.05, 4.69) is 57.9 Å². The van der Waals surface area contributed by atoms with Gasteiger partial charge in [-0.3, -0.25) is 4.79 Å². The van der Waals surface area contributed by atoms with Gasteiger partial charge in [0.1, 0.15) is 0 Å². The Morgan fingerprint density at radius 2 is 2.00 bits per heavy atom. The molecule has 1 saturated carbocycles. The average molecular weight is 418 g/mol. The molecule has 1 aromatic rings. The van der Waals surface area contributed by atoms with Crippen LogP contribution in [0.4, 0.5) is 5.69 Å². The normalized spacial score (nSPS) is 28.2. The molecular formula is C16H22Br2N2O. The van der Waals surface area contributed by atoms with Crippen LogP contribution in [0.5, 0.6) is 0 Å². The van der Waals surface area contributed by atoms with E-state index < -0.39 is 0 Å². The van der Waals surface area contributed by atoms with Crippen LogP contribution in [-0.4, -0.2) is 11.9 Å². The minimum atomic E-state index is -0.0970. The van der Waals surface area contributed by atoms with E-state index in [4.69, 9.17) is 5.73 Å². The molecule has 1 aromatic carbocycles. The Labute approximate surface area is 143 Å². The summed E-state index contributed by atoms with van der Waals surface area (Å²) in [5.41, 5.74) is 6.87. The van der Waals surface area contributed by atoms with Crippen molar-refractivity contribution < 1.29 is 4.79 Å². The molecule has 116 valence electrons. The Balaban J connectivity index is 2.18. The van der Waals surface area contributed by atoms with Gasteiger partial charge >= 0.3 is 0 Å². The predicted molar refractivity (Wildman–Crippen MR) is 94.1 cm³/mol. The third-order valence-electron chi connectivity index (χ3n) is 5.01. The van der Waals surface area contributed by atoms with E-state index in [1.165, 1.54) is 0 Å². The summed E-state index contributed by atoms with van der Waals surface area (Å²) in [7, 11) is 0. The van der Waals surface area contributed by atoms with Gasteiger partial charge in [0.25, 0.3) is 0 Å². The van der Waals surface area contributed by atoms with Gasteiger partial charge in [-0.25, -0.2) is 0 Å². The Morgan fingerprint density at radius 1 is 1.33 bits per heavy atom. The number of nitrogens with one attached hydrogen (secondary N) is 1. The first-order valence-corrected chi connectivity index (χ1v) is 8.83. The first-order chi connectivity index (χ1) is 9.73. The van der Waals surface area contributed by atoms with Crippen LogP contribution in [-0.2, 0) is 4.79 Å². The van der Waals surface area contributed by atoms with Gasteiger partial charge in [-0.1, -0.05) is 36.7 Å². The van der Waals surface area contributed by atoms with Gasteiger partial charge in [0.2, 0.25) is 5.91 Å². The summed E-state index contributed by atoms with van der Waals surface area (Å²) < 4.78 is 1.83. The summed E-state index contributed by atoms with van der Waals surface area (Å²) >= 11 is 6.91. The molecule has 1 aliphatic carbocycles. The van der Waals surface area contributed by atoms with Gasteiger partial charge in [0.15, 0.2) is 0 Å². The van der Waals surface area contributed by atoms with E-state index in [1.54, 1.807) is 0 Å². The lowest BCUT2D eigenvalue weighted by molar-refractivity contribution is -0.127. The first-order valence-electron chi connectivity index (χ1n) is 7.25. The van der Waals surface area contributed by atoms with Crippen molar-refractivity contribution in [1.29, 1.82) is 0 Å². The van der Waals surface area contributed by atoms with E-state index in [1.807, 2.05) is 18.2 Å². The maximum absolute atomic E-state index is 12.7. The van der Waals surface area contributed by atoms with Gasteiger partial charge in [0, 0.05) is 20.9 Å². The number of carbonyl (C=O) groups excluding carboxylic acids is 1. The molecule has 0 spiro atoms. The minimum Gasteiger partial charge on any atom is -0.327 e. The fourth-order valence-electron chi connectivity index (χ4n) is 3.13. The Hall–Kier alpha value is -0.390. The molecule has 3 atom stereocenters. The van der Waals surface area contributed by atoms with Crippen molar-refractivity contribution >= 4 is 43.5 Å². The van der Waals surface area contributed by atoms with Gasteiger partial charge in [-0.05, 0) is 58.3 Å². The Bertz CT molecular complexity index is 545. The fraction of sp³-hybridized carbons (Fsp3) is 0.562. The summed E-state index contributed by atoms with van der Waals surface area (Å²) in [4.78, 5) is 12.7. The molecule has 0 bridgehead atoms. The number of halogens is 2. The second kappa shape index (κ2) is 6.39. The number of benzene rings is 1. The maximum atomic E-state index is 12.7. The molecule has 0 aliphatic heterocycles. The molecule has 3 N–H and O–H groups in total. The number of rotatable bonds is 2. The quantitative estimate of drug-likeness (QED) is 0.741. The van der Waals surface area contributed by atoms with E-state index in [0.29, 0.717) is 5.92 Å². The number of carbonyl (C=O) groups is 1. The molecule has 2 rings (SSSR count). The lowest BCUT2D eigenvalue weighted by atomic mass is 9.61. The second-order valence-corrected chi connectivity index (χ2v) is 8.29. The summed E-state index contributed by atoms with van der Waals surface area (Å²) in [5, 5.41) is 3.06. The minimum absolute atomic E-state index is 0.0156. The summed E-state index contributed by atoms with van der Waals surface area (Å²) in [6.45, 7) is 6.45. The third-order valence-corrected chi connectivity index (χ3v) is 6.19. The number of hydrogen-bond donors (Lipinski definition) is 2. The molecule has 0 aromatic heterocycles. The highest BCUT2D eigenvalue weighted by Crippen LogP contribution is 2.45. The highest BCUT2D eigenvalue weighted by Gasteiger charge is 2.45. The molecule has 1 fully saturated rings. The van der Waals surface area contributed by atoms with Crippen molar-refractivity contribution in [2.45, 2.75) is 39.7 Å². The lowest BCUT2D eigenvalue weighted by Crippen LogP contribution is -2.50. The van der Waals surface area contributed by atoms with Crippen molar-refractivity contribution in [1.82, 2.24) is 0 Å². The van der Waals surface area contributed by atoms with E-state index in [9.17, 15) is 4.79 Å². The molecule has 21 heavy (non-hydrogen) atoms. The third kappa shape index (κ3) is 3.51. The Morgan fingerprint density at radius 3 is 2.67 bits per heavy atom. The summed E-state index contributed by atoms with van der Waals surface area (Å²) in [5.74, 6) is 0.392. The highest BCUT2D eigenvalue weighted by molar-refractivity contribution is 9.11. The van der Waals surface area contributed by atoms with Crippen molar-refractivity contribution in [3.8, 4) is 0 Å². The van der Waals surface area contributed by atoms with E-state index in [-0.39, 0.29) is 23.3 Å². The van der Waals surface area contributed by atoms with Crippen molar-refractivity contribution in [2.75, 3.05) is 5.32 Å². The van der Waals surface area contributed by atoms with Crippen LogP contribution < -0.4 is 11.1 Å². The topological polar surface area (TPSA) is 55.1 Å². The second-order valence-electron chi connectivity index (χ2n) is 6.52. The number of anilines is 1. The van der Waals surface area contributed by atoms with E-state index in [0.717, 1.165) is 27.5 Å². The molecule has 1 amide bonds. The molecule has 3 unspecified atom stereocenters. The molecule has 0 radical (unpaired) electrons. The van der Waals surface area contributed by atoms with Crippen molar-refractivity contribution in [3.05, 3.63) is 27.1 Å². The van der Waals surface area contributed by atoms with Gasteiger partial charge in [-0.15, -0.1) is 0 Å². The van der Waals surface area contributed by atoms with Crippen LogP contribution in [0.15, 0.2) is 27.1 Å². The van der Waals surface area contributed by atoms with Crippen LogP contribution >= 0.6 is 31.9 Å². The van der Waals surface area contributed by atoms with Crippen molar-refractivity contribution in [3.63, 3.8) is 0 Å². The van der Waals surface area contributed by atoms with Crippen LogP contribution in [0.1, 0.15) is 33.6 Å².